The molecule has 8 heterocycles. The van der Waals surface area contributed by atoms with Crippen LogP contribution in [0.2, 0.25) is 0 Å². The van der Waals surface area contributed by atoms with Crippen molar-refractivity contribution < 1.29 is 33.2 Å². The highest BCUT2D eigenvalue weighted by Gasteiger charge is 2.20. The summed E-state index contributed by atoms with van der Waals surface area (Å²) in [5.74, 6) is 6.90. The molecule has 18 nitrogen and oxygen atoms in total. The van der Waals surface area contributed by atoms with Crippen LogP contribution in [0.15, 0.2) is 279 Å². The van der Waals surface area contributed by atoms with Crippen molar-refractivity contribution in [3.05, 3.63) is 290 Å². The Balaban J connectivity index is 0.000000127. The van der Waals surface area contributed by atoms with E-state index in [9.17, 15) is 0 Å². The lowest BCUT2D eigenvalue weighted by Gasteiger charge is -2.12. The fourth-order valence-corrected chi connectivity index (χ4v) is 13.4. The molecular weight excluding hydrogens is 1430 g/mol. The molecule has 7 aromatic heterocycles. The fraction of sp³-hybridized carbons (Fsp3) is 0.227. The van der Waals surface area contributed by atoms with Crippen LogP contribution in [0, 0.1) is 0 Å². The number of nitrogens with zero attached hydrogens (tertiary/aromatic N) is 10. The molecule has 582 valence electrons. The van der Waals surface area contributed by atoms with Crippen LogP contribution in [0.25, 0.3) is 107 Å². The third-order valence-electron chi connectivity index (χ3n) is 18.5. The molecule has 9 aromatic carbocycles. The molecule has 0 unspecified atom stereocenters. The van der Waals surface area contributed by atoms with E-state index in [0.717, 1.165) is 148 Å². The predicted molar refractivity (Wildman–Crippen MR) is 461 cm³/mol. The number of aromatic nitrogens is 10. The maximum Gasteiger partial charge on any atom is 0.168 e. The van der Waals surface area contributed by atoms with E-state index in [0.29, 0.717) is 0 Å². The number of hydrogen-bond donors (Lipinski definition) is 1. The first-order valence-electron chi connectivity index (χ1n) is 39.3. The Morgan fingerprint density at radius 3 is 1.25 bits per heavy atom. The Morgan fingerprint density at radius 2 is 0.730 bits per heavy atom. The van der Waals surface area contributed by atoms with Crippen molar-refractivity contribution in [2.75, 3.05) is 0 Å². The van der Waals surface area contributed by atoms with Crippen LogP contribution < -0.4 is 33.2 Å². The van der Waals surface area contributed by atoms with Gasteiger partial charge in [-0.3, -0.25) is 18.8 Å². The summed E-state index contributed by atoms with van der Waals surface area (Å²) >= 11 is 0. The first-order valence-corrected chi connectivity index (χ1v) is 39.3. The molecule has 0 aliphatic carbocycles. The summed E-state index contributed by atoms with van der Waals surface area (Å²) in [6.45, 7) is 29.1. The van der Waals surface area contributed by atoms with Crippen LogP contribution in [0.5, 0.6) is 40.2 Å². The summed E-state index contributed by atoms with van der Waals surface area (Å²) in [6, 6.07) is 79.8. The number of aromatic amines is 1. The van der Waals surface area contributed by atoms with Crippen LogP contribution in [0.3, 0.4) is 0 Å². The lowest BCUT2D eigenvalue weighted by molar-refractivity contribution is 0.242. The lowest BCUT2D eigenvalue weighted by Crippen LogP contribution is -2.06. The molecule has 0 saturated carbocycles. The van der Waals surface area contributed by atoms with Gasteiger partial charge in [-0.15, -0.1) is 10.2 Å². The van der Waals surface area contributed by atoms with Crippen molar-refractivity contribution in [2.45, 2.75) is 146 Å². The number of aliphatic imine (C=N–C) groups is 1. The van der Waals surface area contributed by atoms with Crippen molar-refractivity contribution >= 4 is 33.6 Å². The normalized spacial score (nSPS) is 11.8. The van der Waals surface area contributed by atoms with Crippen molar-refractivity contribution in [1.29, 1.82) is 0 Å². The van der Waals surface area contributed by atoms with Gasteiger partial charge in [0.05, 0.1) is 96.4 Å². The van der Waals surface area contributed by atoms with E-state index < -0.39 is 0 Å². The summed E-state index contributed by atoms with van der Waals surface area (Å²) in [7, 11) is 0. The molecule has 0 spiro atoms. The number of hydrogen-bond acceptors (Lipinski definition) is 14. The molecule has 17 rings (SSSR count). The first-order chi connectivity index (χ1) is 55.6. The topological polar surface area (TPSA) is 183 Å². The second-order valence-electron chi connectivity index (χ2n) is 30.1. The molecular formula is C97H97N11O7. The van der Waals surface area contributed by atoms with Gasteiger partial charge in [0.2, 0.25) is 0 Å². The highest BCUT2D eigenvalue weighted by molar-refractivity contribution is 6.15. The average Bonchev–Trinajstić information content (AvgIpc) is 1.68. The van der Waals surface area contributed by atoms with Crippen LogP contribution in [0.1, 0.15) is 114 Å². The molecule has 0 saturated heterocycles. The molecule has 115 heavy (non-hydrogen) atoms. The number of pyridine rings is 1. The molecule has 0 atom stereocenters. The van der Waals surface area contributed by atoms with E-state index in [4.69, 9.17) is 43.2 Å². The third-order valence-corrected chi connectivity index (χ3v) is 18.5. The first kappa shape index (κ1) is 78.3. The van der Waals surface area contributed by atoms with Gasteiger partial charge >= 0.3 is 0 Å². The average molecular weight is 1530 g/mol. The number of rotatable bonds is 22. The van der Waals surface area contributed by atoms with Crippen molar-refractivity contribution in [2.24, 2.45) is 4.99 Å². The van der Waals surface area contributed by atoms with Gasteiger partial charge in [-0.25, -0.2) is 14.5 Å². The maximum absolute atomic E-state index is 5.76. The Bertz CT molecular complexity index is 5760. The molecule has 0 radical (unpaired) electrons. The number of benzene rings is 9. The highest BCUT2D eigenvalue weighted by Crippen LogP contribution is 2.35. The predicted octanol–water partition coefficient (Wildman–Crippen LogP) is 22.9. The Kier molecular flexibility index (Phi) is 24.2. The van der Waals surface area contributed by atoms with Crippen LogP contribution >= 0.6 is 0 Å². The zero-order chi connectivity index (χ0) is 80.2. The van der Waals surface area contributed by atoms with Crippen LogP contribution in [-0.4, -0.2) is 97.0 Å². The van der Waals surface area contributed by atoms with Gasteiger partial charge in [0, 0.05) is 63.1 Å². The second kappa shape index (κ2) is 35.6. The number of H-pyrrole nitrogens is 1. The Hall–Kier alpha value is -13.4. The minimum absolute atomic E-state index is 0.151. The molecule has 0 fully saturated rings. The van der Waals surface area contributed by atoms with Crippen molar-refractivity contribution in [3.8, 4) is 119 Å². The van der Waals surface area contributed by atoms with Gasteiger partial charge in [-0.2, -0.15) is 5.10 Å². The van der Waals surface area contributed by atoms with Crippen molar-refractivity contribution in [3.63, 3.8) is 0 Å². The number of imidazole rings is 2. The van der Waals surface area contributed by atoms with Crippen molar-refractivity contribution in [1.82, 2.24) is 48.5 Å². The second-order valence-corrected chi connectivity index (χ2v) is 30.1. The van der Waals surface area contributed by atoms with E-state index in [1.807, 2.05) is 282 Å². The molecule has 1 N–H and O–H groups in total. The van der Waals surface area contributed by atoms with Gasteiger partial charge in [-0.1, -0.05) is 30.3 Å². The van der Waals surface area contributed by atoms with Gasteiger partial charge < -0.3 is 38.1 Å². The van der Waals surface area contributed by atoms with E-state index in [1.54, 1.807) is 6.20 Å². The summed E-state index contributed by atoms with van der Waals surface area (Å²) in [4.78, 5) is 21.6. The number of ether oxygens (including phenoxy) is 7. The van der Waals surface area contributed by atoms with Gasteiger partial charge in [0.25, 0.3) is 0 Å². The number of fused-ring (bicyclic) bond motifs is 5. The zero-order valence-electron chi connectivity index (χ0n) is 67.6. The number of nitrogens with one attached hydrogen (secondary N) is 1. The monoisotopic (exact) mass is 1530 g/mol. The molecule has 0 bridgehead atoms. The SMILES string of the molecule is CC(C)Oc1ccc(-c2ccc3ncc(-c4ccc(OC(C)C)cc4)n3n2)cc1.CC(C)Oc1ccc(-c2cn3c(-c4ccc(OC(C)C)cc4)cnc3cn2)cc1.CC(C)Oc1ccc(-c2nnc3ccc(-c4ccc5[nH]ccc5c4)cn23)cc1.CC(C)Oc1ccc(C2=NCc3ccc(-c4ccc(OC(C)C)cc4)cc32)cc1. The molecule has 1 aliphatic rings. The lowest BCUT2D eigenvalue weighted by atomic mass is 9.95. The van der Waals surface area contributed by atoms with Crippen LogP contribution in [-0.2, 0) is 6.54 Å². The molecule has 18 heteroatoms. The summed E-state index contributed by atoms with van der Waals surface area (Å²) in [5, 5.41) is 14.7. The molecule has 16 aromatic rings. The third kappa shape index (κ3) is 19.6. The molecule has 1 aliphatic heterocycles. The van der Waals surface area contributed by atoms with E-state index in [-0.39, 0.29) is 42.7 Å². The Labute approximate surface area is 672 Å². The Morgan fingerprint density at radius 1 is 0.313 bits per heavy atom. The zero-order valence-corrected chi connectivity index (χ0v) is 67.6. The largest absolute Gasteiger partial charge is 0.491 e. The van der Waals surface area contributed by atoms with E-state index >= 15 is 0 Å². The minimum Gasteiger partial charge on any atom is -0.491 e. The van der Waals surface area contributed by atoms with Gasteiger partial charge in [-0.05, 0) is 336 Å². The summed E-state index contributed by atoms with van der Waals surface area (Å²) in [5.41, 5.74) is 21.8. The highest BCUT2D eigenvalue weighted by atomic mass is 16.5. The summed E-state index contributed by atoms with van der Waals surface area (Å²) in [6.07, 6.45) is 12.7. The van der Waals surface area contributed by atoms with Gasteiger partial charge in [0.1, 0.15) is 40.2 Å². The fourth-order valence-electron chi connectivity index (χ4n) is 13.4. The van der Waals surface area contributed by atoms with Crippen LogP contribution in [0.4, 0.5) is 0 Å². The van der Waals surface area contributed by atoms with E-state index in [1.165, 1.54) is 27.6 Å². The quantitative estimate of drug-likeness (QED) is 0.0677. The summed E-state index contributed by atoms with van der Waals surface area (Å²) < 4.78 is 46.2. The van der Waals surface area contributed by atoms with Gasteiger partial charge in [0.15, 0.2) is 22.8 Å². The maximum atomic E-state index is 5.76. The standard InChI is InChI=1S/C26H27NO2.2C24H25N3O2.C23H20N4O/c1-17(2)28-23-11-7-19(8-12-23)21-5-6-22-16-27-26(25(22)15-21)20-9-13-24(14-10-20)29-18(3)4;1-16(2)28-20-9-5-18(6-10-20)22-15-27-23(13-26-24(27)14-25-22)19-7-11-21(12-8-19)29-17(3)4;1-16(2)28-20-9-5-18(6-10-20)22-13-14-24-25-15-23(27(24)26-22)19-7-11-21(12-8-19)29-17(3)4;1-15(2)28-20-7-3-16(4-8-20)23-26-25-22-10-6-19(14-27(22)23)17-5-9-21-18(13-17)11-12-24-21/h5-15,17-18H,16H2,1-4H3;2*5-17H,1-4H3;3-15,24H,1-2H3. The molecule has 0 amide bonds. The smallest absolute Gasteiger partial charge is 0.168 e. The minimum atomic E-state index is 0.151. The van der Waals surface area contributed by atoms with E-state index in [2.05, 4.69) is 126 Å².